The Hall–Kier alpha value is -1.70. The van der Waals surface area contributed by atoms with Crippen LogP contribution in [0.3, 0.4) is 0 Å². The molecule has 0 aromatic carbocycles. The van der Waals surface area contributed by atoms with Crippen LogP contribution in [0.2, 0.25) is 0 Å². The standard InChI is InChI=1S/C16H29N3O4S/c1-10(8-6-7-9-17-13(4)24)14(20)18-11(2)15(21)19-12(3)16(22)23-5/h10-12H,6-9H2,1-5H3,(H,17,24)(H,18,20)(H,19,21). The first kappa shape index (κ1) is 22.3. The van der Waals surface area contributed by atoms with Gasteiger partial charge in [-0.25, -0.2) is 4.79 Å². The van der Waals surface area contributed by atoms with E-state index in [0.717, 1.165) is 30.8 Å². The molecule has 0 saturated carbocycles. The molecule has 0 aromatic rings. The number of esters is 1. The van der Waals surface area contributed by atoms with Crippen molar-refractivity contribution in [2.24, 2.45) is 5.92 Å². The lowest BCUT2D eigenvalue weighted by Gasteiger charge is -2.19. The Labute approximate surface area is 149 Å². The van der Waals surface area contributed by atoms with Crippen LogP contribution >= 0.6 is 12.2 Å². The number of thiocarbonyl (C=S) groups is 1. The molecule has 7 nitrogen and oxygen atoms in total. The summed E-state index contributed by atoms with van der Waals surface area (Å²) < 4.78 is 4.54. The predicted octanol–water partition coefficient (Wildman–Crippen LogP) is 0.912. The fraction of sp³-hybridized carbons (Fsp3) is 0.750. The van der Waals surface area contributed by atoms with Gasteiger partial charge in [-0.3, -0.25) is 9.59 Å². The van der Waals surface area contributed by atoms with Crippen molar-refractivity contribution in [2.45, 2.75) is 59.0 Å². The second-order valence-electron chi connectivity index (χ2n) is 5.86. The van der Waals surface area contributed by atoms with Crippen LogP contribution in [0, 0.1) is 5.92 Å². The molecule has 0 aliphatic carbocycles. The number of ether oxygens (including phenoxy) is 1. The van der Waals surface area contributed by atoms with E-state index in [1.165, 1.54) is 14.0 Å². The second-order valence-corrected chi connectivity index (χ2v) is 6.48. The third-order valence-corrected chi connectivity index (χ3v) is 3.70. The molecule has 0 bridgehead atoms. The average molecular weight is 359 g/mol. The van der Waals surface area contributed by atoms with E-state index in [2.05, 4.69) is 20.7 Å². The average Bonchev–Trinajstić information content (AvgIpc) is 2.52. The predicted molar refractivity (Wildman–Crippen MR) is 96.5 cm³/mol. The smallest absolute Gasteiger partial charge is 0.328 e. The first-order chi connectivity index (χ1) is 11.2. The second kappa shape index (κ2) is 11.8. The van der Waals surface area contributed by atoms with Crippen LogP contribution in [0.4, 0.5) is 0 Å². The molecule has 0 radical (unpaired) electrons. The molecule has 0 aliphatic heterocycles. The molecule has 0 fully saturated rings. The largest absolute Gasteiger partial charge is 0.467 e. The van der Waals surface area contributed by atoms with E-state index < -0.39 is 24.0 Å². The van der Waals surface area contributed by atoms with Crippen molar-refractivity contribution in [3.05, 3.63) is 0 Å². The van der Waals surface area contributed by atoms with Gasteiger partial charge in [0.05, 0.1) is 12.1 Å². The summed E-state index contributed by atoms with van der Waals surface area (Å²) in [5.74, 6) is -1.32. The Kier molecular flexibility index (Phi) is 10.9. The topological polar surface area (TPSA) is 96.5 Å². The van der Waals surface area contributed by atoms with E-state index in [1.54, 1.807) is 6.92 Å². The minimum atomic E-state index is -0.753. The van der Waals surface area contributed by atoms with Crippen molar-refractivity contribution in [1.29, 1.82) is 0 Å². The molecule has 0 saturated heterocycles. The molecule has 0 spiro atoms. The Morgan fingerprint density at radius 1 is 1.00 bits per heavy atom. The van der Waals surface area contributed by atoms with Gasteiger partial charge in [0.1, 0.15) is 12.1 Å². The first-order valence-corrected chi connectivity index (χ1v) is 8.52. The monoisotopic (exact) mass is 359 g/mol. The third kappa shape index (κ3) is 9.44. The van der Waals surface area contributed by atoms with Crippen molar-refractivity contribution in [3.63, 3.8) is 0 Å². The van der Waals surface area contributed by atoms with Gasteiger partial charge in [-0.05, 0) is 33.6 Å². The van der Waals surface area contributed by atoms with E-state index in [-0.39, 0.29) is 11.8 Å². The highest BCUT2D eigenvalue weighted by molar-refractivity contribution is 7.80. The normalized spacial score (nSPS) is 14.0. The molecule has 3 atom stereocenters. The van der Waals surface area contributed by atoms with Crippen molar-refractivity contribution in [2.75, 3.05) is 13.7 Å². The van der Waals surface area contributed by atoms with Crippen LogP contribution in [0.25, 0.3) is 0 Å². The Morgan fingerprint density at radius 2 is 1.58 bits per heavy atom. The number of methoxy groups -OCH3 is 1. The molecule has 3 unspecified atom stereocenters. The summed E-state index contributed by atoms with van der Waals surface area (Å²) in [5.41, 5.74) is 0. The fourth-order valence-corrected chi connectivity index (χ4v) is 2.07. The maximum atomic E-state index is 12.1. The van der Waals surface area contributed by atoms with Gasteiger partial charge >= 0.3 is 5.97 Å². The Balaban J connectivity index is 4.12. The summed E-state index contributed by atoms with van der Waals surface area (Å²) in [6, 6.07) is -1.47. The Bertz CT molecular complexity index is 457. The summed E-state index contributed by atoms with van der Waals surface area (Å²) in [6.45, 7) is 7.56. The Morgan fingerprint density at radius 3 is 2.12 bits per heavy atom. The third-order valence-electron chi connectivity index (χ3n) is 3.55. The maximum absolute atomic E-state index is 12.1. The highest BCUT2D eigenvalue weighted by Gasteiger charge is 2.22. The molecule has 2 amide bonds. The molecule has 24 heavy (non-hydrogen) atoms. The van der Waals surface area contributed by atoms with Crippen molar-refractivity contribution in [3.8, 4) is 0 Å². The summed E-state index contributed by atoms with van der Waals surface area (Å²) in [5, 5.41) is 8.23. The molecular weight excluding hydrogens is 330 g/mol. The van der Waals surface area contributed by atoms with Crippen molar-refractivity contribution in [1.82, 2.24) is 16.0 Å². The molecule has 0 aromatic heterocycles. The van der Waals surface area contributed by atoms with Crippen LogP contribution in [0.5, 0.6) is 0 Å². The van der Waals surface area contributed by atoms with Gasteiger partial charge in [0.25, 0.3) is 0 Å². The van der Waals surface area contributed by atoms with Crippen LogP contribution in [0.15, 0.2) is 0 Å². The zero-order valence-electron chi connectivity index (χ0n) is 15.1. The fourth-order valence-electron chi connectivity index (χ4n) is 1.97. The minimum absolute atomic E-state index is 0.178. The summed E-state index contributed by atoms with van der Waals surface area (Å²) >= 11 is 4.92. The van der Waals surface area contributed by atoms with Crippen molar-refractivity contribution >= 4 is 35.0 Å². The number of unbranched alkanes of at least 4 members (excludes halogenated alkanes) is 1. The zero-order valence-corrected chi connectivity index (χ0v) is 15.9. The van der Waals surface area contributed by atoms with Gasteiger partial charge in [-0.15, -0.1) is 0 Å². The minimum Gasteiger partial charge on any atom is -0.467 e. The quantitative estimate of drug-likeness (QED) is 0.305. The number of hydrogen-bond acceptors (Lipinski definition) is 5. The maximum Gasteiger partial charge on any atom is 0.328 e. The van der Waals surface area contributed by atoms with E-state index in [4.69, 9.17) is 12.2 Å². The number of nitrogens with one attached hydrogen (secondary N) is 3. The molecule has 3 N–H and O–H groups in total. The number of hydrogen-bond donors (Lipinski definition) is 3. The summed E-state index contributed by atoms with van der Waals surface area (Å²) in [4.78, 5) is 36.1. The van der Waals surface area contributed by atoms with E-state index in [9.17, 15) is 14.4 Å². The zero-order chi connectivity index (χ0) is 18.7. The molecule has 138 valence electrons. The van der Waals surface area contributed by atoms with Crippen LogP contribution in [-0.2, 0) is 19.1 Å². The van der Waals surface area contributed by atoms with Gasteiger partial charge in [0, 0.05) is 12.5 Å². The highest BCUT2D eigenvalue weighted by atomic mass is 32.1. The number of carbonyl (C=O) groups excluding carboxylic acids is 3. The highest BCUT2D eigenvalue weighted by Crippen LogP contribution is 2.08. The molecular formula is C16H29N3O4S. The number of amides is 2. The SMILES string of the molecule is COC(=O)C(C)NC(=O)C(C)NC(=O)C(C)CCCCNC(C)=S. The summed E-state index contributed by atoms with van der Waals surface area (Å²) in [6.07, 6.45) is 2.55. The van der Waals surface area contributed by atoms with Crippen LogP contribution in [0.1, 0.15) is 47.0 Å². The van der Waals surface area contributed by atoms with Gasteiger partial charge in [-0.1, -0.05) is 25.6 Å². The summed E-state index contributed by atoms with van der Waals surface area (Å²) in [7, 11) is 1.25. The van der Waals surface area contributed by atoms with E-state index in [0.29, 0.717) is 0 Å². The lowest BCUT2D eigenvalue weighted by atomic mass is 10.0. The van der Waals surface area contributed by atoms with Crippen LogP contribution < -0.4 is 16.0 Å². The first-order valence-electron chi connectivity index (χ1n) is 8.12. The molecule has 0 heterocycles. The van der Waals surface area contributed by atoms with Gasteiger partial charge in [0.15, 0.2) is 0 Å². The van der Waals surface area contributed by atoms with E-state index >= 15 is 0 Å². The number of carbonyl (C=O) groups is 3. The van der Waals surface area contributed by atoms with Gasteiger partial charge in [-0.2, -0.15) is 0 Å². The van der Waals surface area contributed by atoms with Crippen LogP contribution in [-0.4, -0.2) is 48.5 Å². The lowest BCUT2D eigenvalue weighted by molar-refractivity contribution is -0.144. The molecule has 0 rings (SSSR count). The number of rotatable bonds is 10. The van der Waals surface area contributed by atoms with E-state index in [1.807, 2.05) is 13.8 Å². The molecule has 0 aliphatic rings. The van der Waals surface area contributed by atoms with Gasteiger partial charge in [0.2, 0.25) is 11.8 Å². The van der Waals surface area contributed by atoms with Crippen molar-refractivity contribution < 1.29 is 19.1 Å². The molecule has 8 heteroatoms. The van der Waals surface area contributed by atoms with Gasteiger partial charge < -0.3 is 20.7 Å². The lowest BCUT2D eigenvalue weighted by Crippen LogP contribution is -2.50.